The number of nitrogens with two attached hydrogens (primary N) is 1. The van der Waals surface area contributed by atoms with Gasteiger partial charge >= 0.3 is 0 Å². The molecule has 20 heavy (non-hydrogen) atoms. The Hall–Kier alpha value is -0.770. The minimum Gasteiger partial charge on any atom is -0.350 e. The van der Waals surface area contributed by atoms with Crippen molar-refractivity contribution >= 4 is 29.9 Å². The molecule has 112 valence electrons. The fourth-order valence-electron chi connectivity index (χ4n) is 2.53. The smallest absolute Gasteiger partial charge is 0.251 e. The second-order valence-electron chi connectivity index (χ2n) is 5.57. The maximum absolute atomic E-state index is 12.1. The van der Waals surface area contributed by atoms with Gasteiger partial charge in [-0.2, -0.15) is 0 Å². The van der Waals surface area contributed by atoms with Crippen molar-refractivity contribution in [1.82, 2.24) is 5.32 Å². The van der Waals surface area contributed by atoms with Crippen LogP contribution in [0.3, 0.4) is 0 Å². The molecule has 1 saturated carbocycles. The van der Waals surface area contributed by atoms with Crippen LogP contribution in [0.25, 0.3) is 0 Å². The highest BCUT2D eigenvalue weighted by atomic mass is 35.5. The summed E-state index contributed by atoms with van der Waals surface area (Å²) in [6.45, 7) is 2.46. The Kier molecular flexibility index (Phi) is 6.31. The van der Waals surface area contributed by atoms with Crippen LogP contribution in [-0.4, -0.2) is 18.0 Å². The Morgan fingerprint density at radius 2 is 2.00 bits per heavy atom. The van der Waals surface area contributed by atoms with Gasteiger partial charge in [-0.15, -0.1) is 12.4 Å². The zero-order chi connectivity index (χ0) is 13.9. The van der Waals surface area contributed by atoms with Crippen molar-refractivity contribution in [2.24, 2.45) is 5.73 Å². The van der Waals surface area contributed by atoms with Crippen LogP contribution in [0, 0.1) is 6.92 Å². The van der Waals surface area contributed by atoms with Crippen LogP contribution in [0.5, 0.6) is 0 Å². The van der Waals surface area contributed by atoms with Gasteiger partial charge in [-0.3, -0.25) is 4.79 Å². The van der Waals surface area contributed by atoms with E-state index in [1.807, 2.05) is 13.0 Å². The molecule has 1 aromatic carbocycles. The molecule has 1 fully saturated rings. The number of carbonyl (C=O) groups is 1. The van der Waals surface area contributed by atoms with E-state index in [1.165, 1.54) is 6.42 Å². The van der Waals surface area contributed by atoms with Gasteiger partial charge in [0.25, 0.3) is 5.91 Å². The van der Waals surface area contributed by atoms with E-state index < -0.39 is 0 Å². The van der Waals surface area contributed by atoms with E-state index in [-0.39, 0.29) is 23.9 Å². The molecule has 1 aliphatic rings. The molecule has 3 nitrogen and oxygen atoms in total. The molecular formula is C15H22Cl2N2O. The third-order valence-corrected chi connectivity index (χ3v) is 4.29. The van der Waals surface area contributed by atoms with E-state index in [9.17, 15) is 4.79 Å². The summed E-state index contributed by atoms with van der Waals surface area (Å²) in [5, 5.41) is 3.55. The Labute approximate surface area is 131 Å². The number of hydrogen-bond acceptors (Lipinski definition) is 2. The number of nitrogens with one attached hydrogen (secondary N) is 1. The van der Waals surface area contributed by atoms with Crippen molar-refractivity contribution in [3.05, 3.63) is 34.3 Å². The van der Waals surface area contributed by atoms with Crippen molar-refractivity contribution in [2.75, 3.05) is 6.54 Å². The van der Waals surface area contributed by atoms with E-state index in [2.05, 4.69) is 5.32 Å². The second-order valence-corrected chi connectivity index (χ2v) is 5.98. The highest BCUT2D eigenvalue weighted by molar-refractivity contribution is 6.31. The van der Waals surface area contributed by atoms with Crippen LogP contribution in [0.2, 0.25) is 5.02 Å². The standard InChI is InChI=1S/C15H21ClN2O.ClH/c1-11-5-6-12(9-13(11)16)14(19)18-10-15(17)7-3-2-4-8-15;/h5-6,9H,2-4,7-8,10,17H2,1H3,(H,18,19);1H. The third kappa shape index (κ3) is 4.37. The first-order valence-electron chi connectivity index (χ1n) is 6.83. The lowest BCUT2D eigenvalue weighted by atomic mass is 9.82. The molecule has 5 heteroatoms. The Balaban J connectivity index is 0.00000200. The second kappa shape index (κ2) is 7.30. The van der Waals surface area contributed by atoms with Gasteiger partial charge in [-0.05, 0) is 37.5 Å². The van der Waals surface area contributed by atoms with Gasteiger partial charge in [-0.25, -0.2) is 0 Å². The average Bonchev–Trinajstić information content (AvgIpc) is 2.40. The quantitative estimate of drug-likeness (QED) is 0.897. The highest BCUT2D eigenvalue weighted by Gasteiger charge is 2.27. The number of carbonyl (C=O) groups excluding carboxylic acids is 1. The van der Waals surface area contributed by atoms with Crippen LogP contribution < -0.4 is 11.1 Å². The van der Waals surface area contributed by atoms with Gasteiger partial charge in [0.2, 0.25) is 0 Å². The average molecular weight is 317 g/mol. The molecule has 0 bridgehead atoms. The summed E-state index contributed by atoms with van der Waals surface area (Å²) in [6, 6.07) is 5.35. The molecule has 0 aromatic heterocycles. The largest absolute Gasteiger partial charge is 0.350 e. The van der Waals surface area contributed by atoms with Gasteiger partial charge in [0.1, 0.15) is 0 Å². The van der Waals surface area contributed by atoms with Crippen LogP contribution in [0.4, 0.5) is 0 Å². The van der Waals surface area contributed by atoms with Crippen molar-refractivity contribution in [1.29, 1.82) is 0 Å². The molecule has 1 aliphatic carbocycles. The lowest BCUT2D eigenvalue weighted by molar-refractivity contribution is 0.0937. The van der Waals surface area contributed by atoms with Crippen molar-refractivity contribution < 1.29 is 4.79 Å². The first-order valence-corrected chi connectivity index (χ1v) is 7.21. The fourth-order valence-corrected chi connectivity index (χ4v) is 2.71. The van der Waals surface area contributed by atoms with E-state index >= 15 is 0 Å². The Morgan fingerprint density at radius 1 is 1.35 bits per heavy atom. The molecule has 0 heterocycles. The molecule has 0 unspecified atom stereocenters. The maximum atomic E-state index is 12.1. The summed E-state index contributed by atoms with van der Waals surface area (Å²) in [6.07, 6.45) is 5.54. The predicted molar refractivity (Wildman–Crippen MR) is 85.8 cm³/mol. The van der Waals surface area contributed by atoms with Gasteiger partial charge < -0.3 is 11.1 Å². The monoisotopic (exact) mass is 316 g/mol. The molecule has 1 amide bonds. The first-order chi connectivity index (χ1) is 9.00. The summed E-state index contributed by atoms with van der Waals surface area (Å²) in [5.41, 5.74) is 7.63. The van der Waals surface area contributed by atoms with Crippen LogP contribution >= 0.6 is 24.0 Å². The molecule has 3 N–H and O–H groups in total. The summed E-state index contributed by atoms with van der Waals surface area (Å²) in [5.74, 6) is -0.0997. The van der Waals surface area contributed by atoms with Crippen LogP contribution in [-0.2, 0) is 0 Å². The van der Waals surface area contributed by atoms with Gasteiger partial charge in [0.15, 0.2) is 0 Å². The van der Waals surface area contributed by atoms with Crippen molar-refractivity contribution in [3.8, 4) is 0 Å². The number of rotatable bonds is 3. The zero-order valence-corrected chi connectivity index (χ0v) is 13.3. The molecule has 0 saturated heterocycles. The summed E-state index contributed by atoms with van der Waals surface area (Å²) in [4.78, 5) is 12.1. The lowest BCUT2D eigenvalue weighted by Crippen LogP contribution is -2.51. The SMILES string of the molecule is Cc1ccc(C(=O)NCC2(N)CCCCC2)cc1Cl.Cl. The molecule has 0 atom stereocenters. The van der Waals surface area contributed by atoms with Crippen molar-refractivity contribution in [2.45, 2.75) is 44.6 Å². The highest BCUT2D eigenvalue weighted by Crippen LogP contribution is 2.25. The van der Waals surface area contributed by atoms with E-state index in [0.29, 0.717) is 17.1 Å². The molecule has 1 aromatic rings. The number of amides is 1. The topological polar surface area (TPSA) is 55.1 Å². The molecule has 2 rings (SSSR count). The summed E-state index contributed by atoms with van der Waals surface area (Å²) in [7, 11) is 0. The van der Waals surface area contributed by atoms with E-state index in [1.54, 1.807) is 12.1 Å². The molecule has 0 aliphatic heterocycles. The molecule has 0 spiro atoms. The van der Waals surface area contributed by atoms with E-state index in [0.717, 1.165) is 31.2 Å². The number of aryl methyl sites for hydroxylation is 1. The Morgan fingerprint density at radius 3 is 2.60 bits per heavy atom. The number of benzene rings is 1. The predicted octanol–water partition coefficient (Wildman–Crippen LogP) is 3.46. The van der Waals surface area contributed by atoms with Gasteiger partial charge in [-0.1, -0.05) is 36.9 Å². The maximum Gasteiger partial charge on any atom is 0.251 e. The minimum absolute atomic E-state index is 0. The third-order valence-electron chi connectivity index (χ3n) is 3.88. The van der Waals surface area contributed by atoms with Crippen LogP contribution in [0.1, 0.15) is 48.0 Å². The number of hydrogen-bond donors (Lipinski definition) is 2. The van der Waals surface area contributed by atoms with Gasteiger partial charge in [0.05, 0.1) is 0 Å². The summed E-state index contributed by atoms with van der Waals surface area (Å²) < 4.78 is 0. The summed E-state index contributed by atoms with van der Waals surface area (Å²) >= 11 is 6.03. The Bertz CT molecular complexity index is 471. The van der Waals surface area contributed by atoms with Crippen LogP contribution in [0.15, 0.2) is 18.2 Å². The van der Waals surface area contributed by atoms with Crippen molar-refractivity contribution in [3.63, 3.8) is 0 Å². The fraction of sp³-hybridized carbons (Fsp3) is 0.533. The zero-order valence-electron chi connectivity index (χ0n) is 11.7. The minimum atomic E-state index is -0.234. The first kappa shape index (κ1) is 17.3. The van der Waals surface area contributed by atoms with E-state index in [4.69, 9.17) is 17.3 Å². The van der Waals surface area contributed by atoms with Gasteiger partial charge in [0, 0.05) is 22.7 Å². The normalized spacial score (nSPS) is 17.1. The molecular weight excluding hydrogens is 295 g/mol. The lowest BCUT2D eigenvalue weighted by Gasteiger charge is -2.33. The number of halogens is 2. The molecule has 0 radical (unpaired) electrons.